The van der Waals surface area contributed by atoms with Crippen LogP contribution in [0.25, 0.3) is 0 Å². The van der Waals surface area contributed by atoms with E-state index in [0.29, 0.717) is 16.8 Å². The number of carbonyl (C=O) groups excluding carboxylic acids is 1. The Morgan fingerprint density at radius 1 is 1.14 bits per heavy atom. The molecule has 0 saturated heterocycles. The number of hydrogen-bond donors (Lipinski definition) is 2. The summed E-state index contributed by atoms with van der Waals surface area (Å²) in [5, 5.41) is 11.9. The molecule has 116 valence electrons. The molecule has 1 aromatic carbocycles. The first-order valence-corrected chi connectivity index (χ1v) is 7.17. The maximum atomic E-state index is 12.4. The third-order valence-electron chi connectivity index (χ3n) is 3.86. The third-order valence-corrected chi connectivity index (χ3v) is 3.86. The lowest BCUT2D eigenvalue weighted by molar-refractivity contribution is 0.0695. The molecule has 0 fully saturated rings. The van der Waals surface area contributed by atoms with Gasteiger partial charge < -0.3 is 15.0 Å². The summed E-state index contributed by atoms with van der Waals surface area (Å²) in [5.41, 5.74) is 3.88. The zero-order valence-electron chi connectivity index (χ0n) is 13.2. The predicted octanol–water partition coefficient (Wildman–Crippen LogP) is 3.38. The van der Waals surface area contributed by atoms with Gasteiger partial charge in [-0.2, -0.15) is 0 Å². The first-order chi connectivity index (χ1) is 10.3. The lowest BCUT2D eigenvalue weighted by Crippen LogP contribution is -2.14. The van der Waals surface area contributed by atoms with Gasteiger partial charge in [0.15, 0.2) is 0 Å². The predicted molar refractivity (Wildman–Crippen MR) is 85.7 cm³/mol. The highest BCUT2D eigenvalue weighted by atomic mass is 16.4. The minimum absolute atomic E-state index is 0.192. The molecule has 5 heteroatoms. The van der Waals surface area contributed by atoms with Gasteiger partial charge >= 0.3 is 5.97 Å². The molecule has 2 aromatic rings. The normalized spacial score (nSPS) is 10.5. The number of rotatable bonds is 4. The van der Waals surface area contributed by atoms with Crippen molar-refractivity contribution in [1.82, 2.24) is 4.57 Å². The Kier molecular flexibility index (Phi) is 4.35. The van der Waals surface area contributed by atoms with Gasteiger partial charge in [-0.3, -0.25) is 4.79 Å². The van der Waals surface area contributed by atoms with E-state index in [2.05, 4.69) is 9.88 Å². The van der Waals surface area contributed by atoms with E-state index >= 15 is 0 Å². The van der Waals surface area contributed by atoms with Crippen molar-refractivity contribution in [1.29, 1.82) is 0 Å². The van der Waals surface area contributed by atoms with Crippen molar-refractivity contribution in [2.24, 2.45) is 0 Å². The standard InChI is InChI=1S/C17H20N2O3/c1-5-19-11(3)8-15(12(19)4)16(20)18-13-7-6-10(2)14(9-13)17(21)22/h6-9H,5H2,1-4H3,(H,18,20)(H,21,22). The highest BCUT2D eigenvalue weighted by Crippen LogP contribution is 2.19. The van der Waals surface area contributed by atoms with Crippen molar-refractivity contribution in [3.05, 3.63) is 52.3 Å². The average molecular weight is 300 g/mol. The summed E-state index contributed by atoms with van der Waals surface area (Å²) in [4.78, 5) is 23.6. The van der Waals surface area contributed by atoms with Gasteiger partial charge in [-0.05, 0) is 51.5 Å². The first kappa shape index (κ1) is 15.8. The van der Waals surface area contributed by atoms with Crippen LogP contribution in [-0.4, -0.2) is 21.6 Å². The zero-order chi connectivity index (χ0) is 16.4. The summed E-state index contributed by atoms with van der Waals surface area (Å²) < 4.78 is 2.06. The molecule has 1 heterocycles. The molecule has 1 amide bonds. The SMILES string of the molecule is CCn1c(C)cc(C(=O)Nc2ccc(C)c(C(=O)O)c2)c1C. The number of carboxylic acids is 1. The Bertz CT molecular complexity index is 745. The van der Waals surface area contributed by atoms with Gasteiger partial charge in [0.25, 0.3) is 5.91 Å². The average Bonchev–Trinajstić information content (AvgIpc) is 2.75. The quantitative estimate of drug-likeness (QED) is 0.909. The molecule has 0 saturated carbocycles. The number of aryl methyl sites for hydroxylation is 2. The smallest absolute Gasteiger partial charge is 0.336 e. The molecule has 2 rings (SSSR count). The fourth-order valence-electron chi connectivity index (χ4n) is 2.65. The lowest BCUT2D eigenvalue weighted by atomic mass is 10.1. The first-order valence-electron chi connectivity index (χ1n) is 7.17. The highest BCUT2D eigenvalue weighted by molar-refractivity contribution is 6.06. The van der Waals surface area contributed by atoms with Gasteiger partial charge in [0.05, 0.1) is 11.1 Å². The molecule has 1 aromatic heterocycles. The molecule has 0 aliphatic heterocycles. The van der Waals surface area contributed by atoms with E-state index in [0.717, 1.165) is 17.9 Å². The second-order valence-corrected chi connectivity index (χ2v) is 5.32. The third kappa shape index (κ3) is 2.88. The number of amides is 1. The number of nitrogens with one attached hydrogen (secondary N) is 1. The van der Waals surface area contributed by atoms with Gasteiger partial charge in [-0.15, -0.1) is 0 Å². The van der Waals surface area contributed by atoms with E-state index in [9.17, 15) is 9.59 Å². The summed E-state index contributed by atoms with van der Waals surface area (Å²) in [6.45, 7) is 8.42. The van der Waals surface area contributed by atoms with Crippen LogP contribution in [0, 0.1) is 20.8 Å². The van der Waals surface area contributed by atoms with Crippen molar-refractivity contribution in [3.8, 4) is 0 Å². The van der Waals surface area contributed by atoms with Crippen molar-refractivity contribution in [2.45, 2.75) is 34.2 Å². The number of carboxylic acid groups (broad SMARTS) is 1. The van der Waals surface area contributed by atoms with Gasteiger partial charge in [0.2, 0.25) is 0 Å². The molecular weight excluding hydrogens is 280 g/mol. The number of aromatic nitrogens is 1. The number of nitrogens with zero attached hydrogens (tertiary/aromatic N) is 1. The summed E-state index contributed by atoms with van der Waals surface area (Å²) in [6.07, 6.45) is 0. The number of hydrogen-bond acceptors (Lipinski definition) is 2. The number of anilines is 1. The minimum atomic E-state index is -1.00. The second kappa shape index (κ2) is 6.05. The number of benzene rings is 1. The lowest BCUT2D eigenvalue weighted by Gasteiger charge is -2.09. The van der Waals surface area contributed by atoms with Crippen molar-refractivity contribution >= 4 is 17.6 Å². The molecular formula is C17H20N2O3. The fourth-order valence-corrected chi connectivity index (χ4v) is 2.65. The summed E-state index contributed by atoms with van der Waals surface area (Å²) in [7, 11) is 0. The van der Waals surface area contributed by atoms with Crippen LogP contribution in [0.5, 0.6) is 0 Å². The van der Waals surface area contributed by atoms with E-state index in [1.807, 2.05) is 26.8 Å². The summed E-state index contributed by atoms with van der Waals surface area (Å²) in [6, 6.07) is 6.72. The van der Waals surface area contributed by atoms with E-state index in [-0.39, 0.29) is 11.5 Å². The van der Waals surface area contributed by atoms with E-state index in [1.54, 1.807) is 19.1 Å². The van der Waals surface area contributed by atoms with Crippen LogP contribution in [0.3, 0.4) is 0 Å². The van der Waals surface area contributed by atoms with Gasteiger partial charge in [-0.1, -0.05) is 6.07 Å². The largest absolute Gasteiger partial charge is 0.478 e. The Morgan fingerprint density at radius 3 is 2.36 bits per heavy atom. The van der Waals surface area contributed by atoms with Crippen LogP contribution in [0.1, 0.15) is 44.6 Å². The van der Waals surface area contributed by atoms with Crippen LogP contribution in [-0.2, 0) is 6.54 Å². The Morgan fingerprint density at radius 2 is 1.82 bits per heavy atom. The molecule has 22 heavy (non-hydrogen) atoms. The van der Waals surface area contributed by atoms with Crippen molar-refractivity contribution in [2.75, 3.05) is 5.32 Å². The van der Waals surface area contributed by atoms with Gasteiger partial charge in [0, 0.05) is 23.6 Å². The summed E-state index contributed by atoms with van der Waals surface area (Å²) in [5.74, 6) is -1.23. The monoisotopic (exact) mass is 300 g/mol. The van der Waals surface area contributed by atoms with Crippen molar-refractivity contribution < 1.29 is 14.7 Å². The minimum Gasteiger partial charge on any atom is -0.478 e. The van der Waals surface area contributed by atoms with Gasteiger partial charge in [-0.25, -0.2) is 4.79 Å². The van der Waals surface area contributed by atoms with Gasteiger partial charge in [0.1, 0.15) is 0 Å². The molecule has 0 unspecified atom stereocenters. The van der Waals surface area contributed by atoms with Crippen LogP contribution >= 0.6 is 0 Å². The number of carbonyl (C=O) groups is 2. The molecule has 2 N–H and O–H groups in total. The Labute approximate surface area is 129 Å². The van der Waals surface area contributed by atoms with E-state index in [4.69, 9.17) is 5.11 Å². The fraction of sp³-hybridized carbons (Fsp3) is 0.294. The summed E-state index contributed by atoms with van der Waals surface area (Å²) >= 11 is 0. The van der Waals surface area contributed by atoms with E-state index < -0.39 is 5.97 Å². The Balaban J connectivity index is 2.30. The molecule has 0 spiro atoms. The molecule has 0 atom stereocenters. The second-order valence-electron chi connectivity index (χ2n) is 5.32. The van der Waals surface area contributed by atoms with Crippen LogP contribution in [0.2, 0.25) is 0 Å². The van der Waals surface area contributed by atoms with Crippen molar-refractivity contribution in [3.63, 3.8) is 0 Å². The maximum Gasteiger partial charge on any atom is 0.336 e. The zero-order valence-corrected chi connectivity index (χ0v) is 13.2. The molecule has 5 nitrogen and oxygen atoms in total. The molecule has 0 aliphatic rings. The maximum absolute atomic E-state index is 12.4. The Hall–Kier alpha value is -2.56. The molecule has 0 aliphatic carbocycles. The van der Waals surface area contributed by atoms with Crippen LogP contribution < -0.4 is 5.32 Å². The molecule has 0 radical (unpaired) electrons. The highest BCUT2D eigenvalue weighted by Gasteiger charge is 2.16. The van der Waals surface area contributed by atoms with E-state index in [1.165, 1.54) is 6.07 Å². The van der Waals surface area contributed by atoms with Crippen LogP contribution in [0.15, 0.2) is 24.3 Å². The number of aromatic carboxylic acids is 1. The topological polar surface area (TPSA) is 71.3 Å². The molecule has 0 bridgehead atoms. The van der Waals surface area contributed by atoms with Crippen LogP contribution in [0.4, 0.5) is 5.69 Å².